The molecule has 1 saturated heterocycles. The zero-order chi connectivity index (χ0) is 20.4. The van der Waals surface area contributed by atoms with Gasteiger partial charge in [-0.15, -0.1) is 22.7 Å². The Labute approximate surface area is 177 Å². The fourth-order valence-corrected chi connectivity index (χ4v) is 5.39. The van der Waals surface area contributed by atoms with Crippen LogP contribution in [-0.2, 0) is 22.6 Å². The van der Waals surface area contributed by atoms with Crippen LogP contribution in [0.3, 0.4) is 0 Å². The fraction of sp³-hybridized carbons (Fsp3) is 0.476. The van der Waals surface area contributed by atoms with Gasteiger partial charge in [0.15, 0.2) is 0 Å². The second-order valence-electron chi connectivity index (χ2n) is 7.45. The summed E-state index contributed by atoms with van der Waals surface area (Å²) in [7, 11) is 0. The predicted octanol–water partition coefficient (Wildman–Crippen LogP) is 3.73. The molecule has 0 aromatic carbocycles. The summed E-state index contributed by atoms with van der Waals surface area (Å²) >= 11 is 3.19. The highest BCUT2D eigenvalue weighted by molar-refractivity contribution is 7.18. The van der Waals surface area contributed by atoms with Gasteiger partial charge in [0, 0.05) is 35.9 Å². The Morgan fingerprint density at radius 1 is 1.41 bits per heavy atom. The van der Waals surface area contributed by atoms with E-state index in [1.54, 1.807) is 22.2 Å². The van der Waals surface area contributed by atoms with Crippen LogP contribution in [0.1, 0.15) is 34.6 Å². The molecule has 1 unspecified atom stereocenters. The van der Waals surface area contributed by atoms with Gasteiger partial charge in [0.2, 0.25) is 5.91 Å². The predicted molar refractivity (Wildman–Crippen MR) is 117 cm³/mol. The summed E-state index contributed by atoms with van der Waals surface area (Å²) in [5.41, 5.74) is 0.925. The van der Waals surface area contributed by atoms with Crippen LogP contribution < -0.4 is 5.56 Å². The van der Waals surface area contributed by atoms with Gasteiger partial charge in [-0.05, 0) is 43.7 Å². The molecule has 0 radical (unpaired) electrons. The first-order valence-corrected chi connectivity index (χ1v) is 11.6. The summed E-state index contributed by atoms with van der Waals surface area (Å²) in [5.74, 6) is 0.0409. The zero-order valence-electron chi connectivity index (χ0n) is 16.7. The first-order valence-electron chi connectivity index (χ1n) is 9.90. The standard InChI is InChI=1S/C21H25N3O3S2/c1-14-15(2)29-20-19(14)21(26)23(13-22-20)8-7-18(25)24(11-16-5-3-9-27-16)12-17-6-4-10-28-17/h4,6,10,13,16H,3,5,7-9,11-12H2,1-2H3. The lowest BCUT2D eigenvalue weighted by Crippen LogP contribution is -2.37. The molecular formula is C21H25N3O3S2. The molecule has 6 nitrogen and oxygen atoms in total. The van der Waals surface area contributed by atoms with Crippen LogP contribution in [0.2, 0.25) is 0 Å². The van der Waals surface area contributed by atoms with E-state index in [2.05, 4.69) is 4.98 Å². The van der Waals surface area contributed by atoms with Gasteiger partial charge in [0.25, 0.3) is 5.56 Å². The van der Waals surface area contributed by atoms with Crippen LogP contribution >= 0.6 is 22.7 Å². The minimum Gasteiger partial charge on any atom is -0.376 e. The smallest absolute Gasteiger partial charge is 0.262 e. The van der Waals surface area contributed by atoms with Gasteiger partial charge < -0.3 is 9.64 Å². The molecule has 0 bridgehead atoms. The molecule has 1 fully saturated rings. The van der Waals surface area contributed by atoms with E-state index in [0.29, 0.717) is 25.0 Å². The van der Waals surface area contributed by atoms with Gasteiger partial charge in [-0.1, -0.05) is 6.07 Å². The summed E-state index contributed by atoms with van der Waals surface area (Å²) in [6, 6.07) is 4.05. The molecule has 154 valence electrons. The third-order valence-electron chi connectivity index (χ3n) is 5.45. The third kappa shape index (κ3) is 4.44. The monoisotopic (exact) mass is 431 g/mol. The van der Waals surface area contributed by atoms with Gasteiger partial charge in [-0.25, -0.2) is 4.98 Å². The van der Waals surface area contributed by atoms with Crippen molar-refractivity contribution < 1.29 is 9.53 Å². The number of thiophene rings is 2. The lowest BCUT2D eigenvalue weighted by Gasteiger charge is -2.25. The van der Waals surface area contributed by atoms with Crippen LogP contribution in [0.4, 0.5) is 0 Å². The largest absolute Gasteiger partial charge is 0.376 e. The molecular weight excluding hydrogens is 406 g/mol. The molecule has 8 heteroatoms. The Bertz CT molecular complexity index is 1050. The number of ether oxygens (including phenoxy) is 1. The number of carbonyl (C=O) groups is 1. The number of rotatable bonds is 7. The van der Waals surface area contributed by atoms with Gasteiger partial charge in [0.05, 0.1) is 24.4 Å². The van der Waals surface area contributed by atoms with Crippen LogP contribution in [0.25, 0.3) is 10.2 Å². The zero-order valence-corrected chi connectivity index (χ0v) is 18.4. The Morgan fingerprint density at radius 3 is 3.00 bits per heavy atom. The summed E-state index contributed by atoms with van der Waals surface area (Å²) in [5, 5.41) is 2.70. The minimum atomic E-state index is -0.0615. The van der Waals surface area contributed by atoms with Crippen molar-refractivity contribution >= 4 is 38.8 Å². The highest BCUT2D eigenvalue weighted by Crippen LogP contribution is 2.25. The number of carbonyl (C=O) groups excluding carboxylic acids is 1. The molecule has 0 saturated carbocycles. The molecule has 1 amide bonds. The van der Waals surface area contributed by atoms with Crippen molar-refractivity contribution in [2.24, 2.45) is 0 Å². The van der Waals surface area contributed by atoms with Gasteiger partial charge in [-0.3, -0.25) is 14.2 Å². The molecule has 29 heavy (non-hydrogen) atoms. The van der Waals surface area contributed by atoms with E-state index >= 15 is 0 Å². The van der Waals surface area contributed by atoms with Crippen molar-refractivity contribution in [3.63, 3.8) is 0 Å². The highest BCUT2D eigenvalue weighted by atomic mass is 32.1. The molecule has 4 heterocycles. The quantitative estimate of drug-likeness (QED) is 0.572. The second-order valence-corrected chi connectivity index (χ2v) is 9.68. The average Bonchev–Trinajstić information content (AvgIpc) is 3.44. The molecule has 0 N–H and O–H groups in total. The third-order valence-corrected chi connectivity index (χ3v) is 7.43. The number of aryl methyl sites for hydroxylation is 3. The summed E-state index contributed by atoms with van der Waals surface area (Å²) in [6.07, 6.45) is 3.98. The van der Waals surface area contributed by atoms with Crippen molar-refractivity contribution in [1.29, 1.82) is 0 Å². The molecule has 0 spiro atoms. The minimum absolute atomic E-state index is 0.0409. The normalized spacial score (nSPS) is 16.6. The maximum atomic E-state index is 13.0. The molecule has 3 aromatic heterocycles. The summed E-state index contributed by atoms with van der Waals surface area (Å²) in [4.78, 5) is 35.2. The maximum absolute atomic E-state index is 13.0. The Kier molecular flexibility index (Phi) is 6.12. The average molecular weight is 432 g/mol. The Hall–Kier alpha value is -2.03. The number of nitrogens with zero attached hydrogens (tertiary/aromatic N) is 3. The first kappa shape index (κ1) is 20.3. The molecule has 3 aromatic rings. The number of hydrogen-bond acceptors (Lipinski definition) is 6. The van der Waals surface area contributed by atoms with Gasteiger partial charge >= 0.3 is 0 Å². The fourth-order valence-electron chi connectivity index (χ4n) is 3.68. The van der Waals surface area contributed by atoms with Crippen LogP contribution in [-0.4, -0.2) is 39.6 Å². The summed E-state index contributed by atoms with van der Waals surface area (Å²) < 4.78 is 7.31. The molecule has 4 rings (SSSR count). The van der Waals surface area contributed by atoms with Crippen molar-refractivity contribution in [2.45, 2.75) is 52.3 Å². The second kappa shape index (κ2) is 8.77. The topological polar surface area (TPSA) is 64.4 Å². The van der Waals surface area contributed by atoms with Crippen LogP contribution in [0.15, 0.2) is 28.6 Å². The van der Waals surface area contributed by atoms with Crippen LogP contribution in [0, 0.1) is 13.8 Å². The molecule has 1 atom stereocenters. The molecule has 1 aliphatic heterocycles. The number of hydrogen-bond donors (Lipinski definition) is 0. The summed E-state index contributed by atoms with van der Waals surface area (Å²) in [6.45, 7) is 6.25. The molecule has 0 aliphatic carbocycles. The number of aromatic nitrogens is 2. The van der Waals surface area contributed by atoms with Crippen molar-refractivity contribution in [3.05, 3.63) is 49.5 Å². The van der Waals surface area contributed by atoms with E-state index in [9.17, 15) is 9.59 Å². The van der Waals surface area contributed by atoms with E-state index in [1.165, 1.54) is 11.3 Å². The van der Waals surface area contributed by atoms with Crippen molar-refractivity contribution in [3.8, 4) is 0 Å². The Morgan fingerprint density at radius 2 is 2.28 bits per heavy atom. The highest BCUT2D eigenvalue weighted by Gasteiger charge is 2.23. The van der Waals surface area contributed by atoms with Crippen LogP contribution in [0.5, 0.6) is 0 Å². The van der Waals surface area contributed by atoms with Crippen molar-refractivity contribution in [1.82, 2.24) is 14.5 Å². The lowest BCUT2D eigenvalue weighted by atomic mass is 10.2. The number of amides is 1. The van der Waals surface area contributed by atoms with E-state index in [0.717, 1.165) is 39.6 Å². The van der Waals surface area contributed by atoms with E-state index in [1.807, 2.05) is 36.3 Å². The Balaban J connectivity index is 1.48. The SMILES string of the molecule is Cc1sc2ncn(CCC(=O)N(Cc3cccs3)CC3CCCO3)c(=O)c2c1C. The number of fused-ring (bicyclic) bond motifs is 1. The van der Waals surface area contributed by atoms with Gasteiger partial charge in [0.1, 0.15) is 4.83 Å². The maximum Gasteiger partial charge on any atom is 0.262 e. The van der Waals surface area contributed by atoms with Gasteiger partial charge in [-0.2, -0.15) is 0 Å². The lowest BCUT2D eigenvalue weighted by molar-refractivity contribution is -0.133. The van der Waals surface area contributed by atoms with Crippen molar-refractivity contribution in [2.75, 3.05) is 13.2 Å². The van der Waals surface area contributed by atoms with E-state index in [4.69, 9.17) is 4.74 Å². The molecule has 1 aliphatic rings. The van der Waals surface area contributed by atoms with E-state index in [-0.39, 0.29) is 24.0 Å². The van der Waals surface area contributed by atoms with E-state index < -0.39 is 0 Å². The first-order chi connectivity index (χ1) is 14.0.